The first-order valence-electron chi connectivity index (χ1n) is 6.98. The van der Waals surface area contributed by atoms with Gasteiger partial charge in [0, 0.05) is 18.8 Å². The first-order valence-corrected chi connectivity index (χ1v) is 6.98. The number of carbonyl (C=O) groups excluding carboxylic acids is 1. The highest BCUT2D eigenvalue weighted by Crippen LogP contribution is 2.17. The summed E-state index contributed by atoms with van der Waals surface area (Å²) in [6.45, 7) is 0.211. The van der Waals surface area contributed by atoms with Crippen molar-refractivity contribution in [2.75, 3.05) is 12.8 Å². The Morgan fingerprint density at radius 1 is 1.17 bits per heavy atom. The number of nitrogens with zero attached hydrogens (tertiary/aromatic N) is 4. The number of aromatic nitrogens is 3. The molecule has 0 unspecified atom stereocenters. The smallest absolute Gasteiger partial charge is 0.255 e. The number of rotatable bonds is 4. The molecule has 0 aliphatic carbocycles. The molecule has 2 aromatic heterocycles. The molecule has 2 heterocycles. The van der Waals surface area contributed by atoms with Gasteiger partial charge in [0.25, 0.3) is 5.91 Å². The van der Waals surface area contributed by atoms with Crippen LogP contribution in [0.1, 0.15) is 16.2 Å². The number of amides is 1. The lowest BCUT2D eigenvalue weighted by Gasteiger charge is -2.14. The molecule has 7 nitrogen and oxygen atoms in total. The van der Waals surface area contributed by atoms with Crippen molar-refractivity contribution in [3.63, 3.8) is 0 Å². The topological polar surface area (TPSA) is 98.1 Å². The first-order chi connectivity index (χ1) is 11.1. The highest BCUT2D eigenvalue weighted by molar-refractivity contribution is 5.93. The van der Waals surface area contributed by atoms with Crippen LogP contribution in [0.4, 0.5) is 5.82 Å². The monoisotopic (exact) mass is 309 g/mol. The molecule has 0 fully saturated rings. The van der Waals surface area contributed by atoms with Crippen LogP contribution in [0, 0.1) is 0 Å². The highest BCUT2D eigenvalue weighted by Gasteiger charge is 2.16. The third-order valence-electron chi connectivity index (χ3n) is 3.24. The van der Waals surface area contributed by atoms with Crippen molar-refractivity contribution in [1.29, 1.82) is 0 Å². The van der Waals surface area contributed by atoms with Gasteiger partial charge in [-0.2, -0.15) is 0 Å². The zero-order valence-electron chi connectivity index (χ0n) is 12.5. The lowest BCUT2D eigenvalue weighted by molar-refractivity contribution is 0.0772. The maximum atomic E-state index is 12.3. The standard InChI is InChI=1S/C16H15N5O2/c1-21(16(22)12-7-8-13(17)18-9-12)10-14-19-20-15(23-14)11-5-3-2-4-6-11/h2-9H,10H2,1H3,(H2,17,18). The third kappa shape index (κ3) is 3.34. The van der Waals surface area contributed by atoms with E-state index in [-0.39, 0.29) is 12.5 Å². The first kappa shape index (κ1) is 14.7. The summed E-state index contributed by atoms with van der Waals surface area (Å²) in [4.78, 5) is 17.7. The van der Waals surface area contributed by atoms with Crippen LogP contribution in [-0.2, 0) is 6.54 Å². The summed E-state index contributed by atoms with van der Waals surface area (Å²) in [5.41, 5.74) is 6.80. The van der Waals surface area contributed by atoms with Gasteiger partial charge in [-0.15, -0.1) is 10.2 Å². The van der Waals surface area contributed by atoms with E-state index in [1.54, 1.807) is 19.2 Å². The zero-order chi connectivity index (χ0) is 16.2. The number of hydrogen-bond donors (Lipinski definition) is 1. The van der Waals surface area contributed by atoms with Crippen LogP contribution in [0.2, 0.25) is 0 Å². The van der Waals surface area contributed by atoms with E-state index in [0.29, 0.717) is 23.2 Å². The zero-order valence-corrected chi connectivity index (χ0v) is 12.5. The summed E-state index contributed by atoms with van der Waals surface area (Å²) in [5.74, 6) is 0.962. The fourth-order valence-electron chi connectivity index (χ4n) is 2.04. The molecule has 1 aromatic carbocycles. The quantitative estimate of drug-likeness (QED) is 0.791. The van der Waals surface area contributed by atoms with Gasteiger partial charge in [-0.3, -0.25) is 4.79 Å². The SMILES string of the molecule is CN(Cc1nnc(-c2ccccc2)o1)C(=O)c1ccc(N)nc1. The van der Waals surface area contributed by atoms with Crippen molar-refractivity contribution in [3.05, 3.63) is 60.1 Å². The number of nitrogens with two attached hydrogens (primary N) is 1. The molecule has 0 aliphatic heterocycles. The van der Waals surface area contributed by atoms with Gasteiger partial charge in [-0.25, -0.2) is 4.98 Å². The normalized spacial score (nSPS) is 10.5. The van der Waals surface area contributed by atoms with Gasteiger partial charge in [0.15, 0.2) is 0 Å². The lowest BCUT2D eigenvalue weighted by Crippen LogP contribution is -2.26. The molecule has 23 heavy (non-hydrogen) atoms. The number of nitrogen functional groups attached to an aromatic ring is 1. The molecule has 0 spiro atoms. The number of pyridine rings is 1. The molecular weight excluding hydrogens is 294 g/mol. The minimum Gasteiger partial charge on any atom is -0.419 e. The molecule has 0 saturated carbocycles. The van der Waals surface area contributed by atoms with E-state index in [0.717, 1.165) is 5.56 Å². The minimum absolute atomic E-state index is 0.197. The van der Waals surface area contributed by atoms with Crippen molar-refractivity contribution in [2.45, 2.75) is 6.54 Å². The van der Waals surface area contributed by atoms with E-state index >= 15 is 0 Å². The average molecular weight is 309 g/mol. The number of benzene rings is 1. The Morgan fingerprint density at radius 3 is 2.65 bits per heavy atom. The van der Waals surface area contributed by atoms with Gasteiger partial charge in [-0.1, -0.05) is 18.2 Å². The molecule has 0 aliphatic rings. The Kier molecular flexibility index (Phi) is 4.01. The van der Waals surface area contributed by atoms with Gasteiger partial charge in [0.1, 0.15) is 5.82 Å². The molecule has 0 atom stereocenters. The summed E-state index contributed by atoms with van der Waals surface area (Å²) >= 11 is 0. The summed E-state index contributed by atoms with van der Waals surface area (Å²) in [5, 5.41) is 7.98. The second-order valence-corrected chi connectivity index (χ2v) is 5.00. The number of hydrogen-bond acceptors (Lipinski definition) is 6. The van der Waals surface area contributed by atoms with Gasteiger partial charge < -0.3 is 15.1 Å². The number of anilines is 1. The molecule has 3 aromatic rings. The summed E-state index contributed by atoms with van der Waals surface area (Å²) in [6, 6.07) is 12.7. The van der Waals surface area contributed by atoms with E-state index < -0.39 is 0 Å². The van der Waals surface area contributed by atoms with Crippen molar-refractivity contribution in [3.8, 4) is 11.5 Å². The Labute approximate surface area is 132 Å². The third-order valence-corrected chi connectivity index (χ3v) is 3.24. The maximum absolute atomic E-state index is 12.3. The fourth-order valence-corrected chi connectivity index (χ4v) is 2.04. The van der Waals surface area contributed by atoms with Crippen LogP contribution in [0.3, 0.4) is 0 Å². The average Bonchev–Trinajstić information content (AvgIpc) is 3.04. The summed E-state index contributed by atoms with van der Waals surface area (Å²) < 4.78 is 5.59. The Bertz CT molecular complexity index is 799. The van der Waals surface area contributed by atoms with E-state index in [1.165, 1.54) is 11.1 Å². The molecule has 3 rings (SSSR count). The van der Waals surface area contributed by atoms with E-state index in [4.69, 9.17) is 10.2 Å². The minimum atomic E-state index is -0.197. The highest BCUT2D eigenvalue weighted by atomic mass is 16.4. The molecule has 1 amide bonds. The second-order valence-electron chi connectivity index (χ2n) is 5.00. The van der Waals surface area contributed by atoms with Crippen molar-refractivity contribution >= 4 is 11.7 Å². The van der Waals surface area contributed by atoms with Gasteiger partial charge >= 0.3 is 0 Å². The van der Waals surface area contributed by atoms with Crippen molar-refractivity contribution in [2.24, 2.45) is 0 Å². The Morgan fingerprint density at radius 2 is 1.96 bits per heavy atom. The molecule has 0 saturated heterocycles. The predicted octanol–water partition coefficient (Wildman–Crippen LogP) is 1.99. The largest absolute Gasteiger partial charge is 0.419 e. The van der Waals surface area contributed by atoms with Crippen LogP contribution in [-0.4, -0.2) is 33.0 Å². The van der Waals surface area contributed by atoms with Gasteiger partial charge in [-0.05, 0) is 24.3 Å². The van der Waals surface area contributed by atoms with Crippen molar-refractivity contribution in [1.82, 2.24) is 20.1 Å². The van der Waals surface area contributed by atoms with E-state index in [9.17, 15) is 4.79 Å². The van der Waals surface area contributed by atoms with Crippen LogP contribution >= 0.6 is 0 Å². The molecule has 2 N–H and O–H groups in total. The summed E-state index contributed by atoms with van der Waals surface area (Å²) in [7, 11) is 1.66. The number of carbonyl (C=O) groups is 1. The van der Waals surface area contributed by atoms with E-state index in [1.807, 2.05) is 30.3 Å². The molecular formula is C16H15N5O2. The lowest BCUT2D eigenvalue weighted by atomic mass is 10.2. The van der Waals surface area contributed by atoms with Crippen LogP contribution in [0.15, 0.2) is 53.1 Å². The molecule has 7 heteroatoms. The summed E-state index contributed by atoms with van der Waals surface area (Å²) in [6.07, 6.45) is 1.44. The van der Waals surface area contributed by atoms with E-state index in [2.05, 4.69) is 15.2 Å². The van der Waals surface area contributed by atoms with Crippen molar-refractivity contribution < 1.29 is 9.21 Å². The Hall–Kier alpha value is -3.22. The second kappa shape index (κ2) is 6.27. The maximum Gasteiger partial charge on any atom is 0.255 e. The fraction of sp³-hybridized carbons (Fsp3) is 0.125. The van der Waals surface area contributed by atoms with Gasteiger partial charge in [0.2, 0.25) is 11.8 Å². The molecule has 116 valence electrons. The van der Waals surface area contributed by atoms with Crippen LogP contribution in [0.25, 0.3) is 11.5 Å². The Balaban J connectivity index is 1.71. The molecule has 0 radical (unpaired) electrons. The predicted molar refractivity (Wildman–Crippen MR) is 84.2 cm³/mol. The van der Waals surface area contributed by atoms with Crippen LogP contribution < -0.4 is 5.73 Å². The van der Waals surface area contributed by atoms with Gasteiger partial charge in [0.05, 0.1) is 12.1 Å². The van der Waals surface area contributed by atoms with Crippen LogP contribution in [0.5, 0.6) is 0 Å². The molecule has 0 bridgehead atoms.